The maximum Gasteiger partial charge on any atom is 0.325 e. The van der Waals surface area contributed by atoms with Crippen molar-refractivity contribution >= 4 is 29.2 Å². The molecule has 29 heavy (non-hydrogen) atoms. The summed E-state index contributed by atoms with van der Waals surface area (Å²) in [4.78, 5) is 28.2. The van der Waals surface area contributed by atoms with E-state index in [1.807, 2.05) is 42.5 Å². The molecule has 2 aliphatic heterocycles. The van der Waals surface area contributed by atoms with Gasteiger partial charge in [0, 0.05) is 36.4 Å². The van der Waals surface area contributed by atoms with Crippen molar-refractivity contribution in [2.45, 2.75) is 6.42 Å². The van der Waals surface area contributed by atoms with Crippen molar-refractivity contribution in [3.8, 4) is 11.5 Å². The lowest BCUT2D eigenvalue weighted by Gasteiger charge is -2.22. The molecule has 0 atom stereocenters. The number of anilines is 1. The Morgan fingerprint density at radius 3 is 2.59 bits per heavy atom. The van der Waals surface area contributed by atoms with Crippen LogP contribution in [0.2, 0.25) is 5.02 Å². The third kappa shape index (κ3) is 4.56. The molecule has 2 heterocycles. The number of fused-ring (bicyclic) bond motifs is 1. The maximum absolute atomic E-state index is 12.7. The lowest BCUT2D eigenvalue weighted by atomic mass is 10.1. The molecule has 152 valence electrons. The number of urea groups is 1. The van der Waals surface area contributed by atoms with Gasteiger partial charge >= 0.3 is 6.03 Å². The Hall–Kier alpha value is -2.93. The Balaban J connectivity index is 1.28. The zero-order valence-electron chi connectivity index (χ0n) is 15.9. The molecule has 2 aliphatic rings. The third-order valence-electron chi connectivity index (χ3n) is 4.92. The van der Waals surface area contributed by atoms with E-state index >= 15 is 0 Å². The minimum atomic E-state index is -0.186. The van der Waals surface area contributed by atoms with E-state index in [4.69, 9.17) is 21.1 Å². The highest BCUT2D eigenvalue weighted by atomic mass is 35.5. The highest BCUT2D eigenvalue weighted by Crippen LogP contribution is 2.34. The summed E-state index contributed by atoms with van der Waals surface area (Å²) in [6.45, 7) is 2.59. The molecule has 8 heteroatoms. The van der Waals surface area contributed by atoms with Gasteiger partial charge < -0.3 is 19.7 Å². The number of amides is 3. The number of hydrogen-bond acceptors (Lipinski definition) is 4. The van der Waals surface area contributed by atoms with Gasteiger partial charge in [0.15, 0.2) is 11.5 Å². The van der Waals surface area contributed by atoms with Crippen LogP contribution >= 0.6 is 11.6 Å². The normalized spacial score (nSPS) is 15.6. The summed E-state index contributed by atoms with van der Waals surface area (Å²) in [5.41, 5.74) is 1.83. The van der Waals surface area contributed by atoms with Gasteiger partial charge in [0.2, 0.25) is 5.91 Å². The molecular weight excluding hydrogens is 394 g/mol. The molecule has 0 saturated carbocycles. The topological polar surface area (TPSA) is 71.1 Å². The molecule has 7 nitrogen and oxygen atoms in total. The van der Waals surface area contributed by atoms with Crippen molar-refractivity contribution in [1.82, 2.24) is 10.2 Å². The number of halogens is 1. The van der Waals surface area contributed by atoms with Crippen LogP contribution in [0.5, 0.6) is 11.5 Å². The van der Waals surface area contributed by atoms with Crippen LogP contribution in [0.4, 0.5) is 10.5 Å². The minimum absolute atomic E-state index is 0.0422. The van der Waals surface area contributed by atoms with Crippen LogP contribution < -0.4 is 19.7 Å². The van der Waals surface area contributed by atoms with Gasteiger partial charge in [-0.3, -0.25) is 9.69 Å². The number of ether oxygens (including phenoxy) is 2. The summed E-state index contributed by atoms with van der Waals surface area (Å²) in [7, 11) is 0. The molecule has 0 aromatic heterocycles. The number of nitrogens with one attached hydrogen (secondary N) is 1. The van der Waals surface area contributed by atoms with Crippen LogP contribution in [0.3, 0.4) is 0 Å². The van der Waals surface area contributed by atoms with Crippen LogP contribution in [0.25, 0.3) is 0 Å². The van der Waals surface area contributed by atoms with Crippen molar-refractivity contribution in [3.05, 3.63) is 53.1 Å². The maximum atomic E-state index is 12.7. The van der Waals surface area contributed by atoms with Crippen LogP contribution in [-0.2, 0) is 11.2 Å². The largest absolute Gasteiger partial charge is 0.486 e. The smallest absolute Gasteiger partial charge is 0.325 e. The first-order chi connectivity index (χ1) is 14.1. The fraction of sp³-hybridized carbons (Fsp3) is 0.333. The van der Waals surface area contributed by atoms with E-state index in [0.717, 1.165) is 11.3 Å². The molecule has 3 amide bonds. The van der Waals surface area contributed by atoms with Crippen molar-refractivity contribution in [1.29, 1.82) is 0 Å². The number of hydrogen-bond donors (Lipinski definition) is 1. The van der Waals surface area contributed by atoms with Crippen LogP contribution in [0, 0.1) is 0 Å². The van der Waals surface area contributed by atoms with E-state index in [-0.39, 0.29) is 18.5 Å². The summed E-state index contributed by atoms with van der Waals surface area (Å²) in [6, 6.07) is 12.8. The van der Waals surface area contributed by atoms with Gasteiger partial charge in [-0.05, 0) is 36.2 Å². The van der Waals surface area contributed by atoms with Crippen molar-refractivity contribution in [2.24, 2.45) is 0 Å². The highest BCUT2D eigenvalue weighted by Gasteiger charge is 2.31. The van der Waals surface area contributed by atoms with Crippen LogP contribution in [0.15, 0.2) is 42.5 Å². The average molecular weight is 416 g/mol. The minimum Gasteiger partial charge on any atom is -0.486 e. The Bertz CT molecular complexity index is 903. The molecule has 0 unspecified atom stereocenters. The molecular formula is C21H22ClN3O4. The fourth-order valence-corrected chi connectivity index (χ4v) is 3.52. The predicted molar refractivity (Wildman–Crippen MR) is 110 cm³/mol. The zero-order valence-corrected chi connectivity index (χ0v) is 16.7. The number of nitrogens with zero attached hydrogens (tertiary/aromatic N) is 2. The Morgan fingerprint density at radius 2 is 1.79 bits per heavy atom. The molecule has 2 aromatic rings. The Morgan fingerprint density at radius 1 is 1.03 bits per heavy atom. The second-order valence-electron chi connectivity index (χ2n) is 6.91. The van der Waals surface area contributed by atoms with E-state index in [1.54, 1.807) is 9.80 Å². The molecule has 0 aliphatic carbocycles. The number of carbonyl (C=O) groups is 2. The molecule has 0 radical (unpaired) electrons. The third-order valence-corrected chi connectivity index (χ3v) is 5.17. The first-order valence-corrected chi connectivity index (χ1v) is 9.95. The lowest BCUT2D eigenvalue weighted by molar-refractivity contribution is -0.121. The molecule has 1 N–H and O–H groups in total. The van der Waals surface area contributed by atoms with Crippen LogP contribution in [0.1, 0.15) is 5.56 Å². The summed E-state index contributed by atoms with van der Waals surface area (Å²) < 4.78 is 11.1. The first kappa shape index (κ1) is 19.4. The molecule has 0 spiro atoms. The fourth-order valence-electron chi connectivity index (χ4n) is 3.40. The first-order valence-electron chi connectivity index (χ1n) is 9.57. The molecule has 1 saturated heterocycles. The van der Waals surface area contributed by atoms with E-state index < -0.39 is 0 Å². The zero-order chi connectivity index (χ0) is 20.2. The van der Waals surface area contributed by atoms with Gasteiger partial charge in [0.1, 0.15) is 19.8 Å². The van der Waals surface area contributed by atoms with Crippen molar-refractivity contribution < 1.29 is 19.1 Å². The Labute approximate surface area is 174 Å². The quantitative estimate of drug-likeness (QED) is 0.787. The standard InChI is InChI=1S/C21H22ClN3O4/c22-16-3-1-15(2-4-16)7-8-23-20(26)14-24-9-10-25(21(24)27)17-5-6-18-19(13-17)29-12-11-28-18/h1-6,13H,7-12,14H2,(H,23,26). The number of carbonyl (C=O) groups excluding carboxylic acids is 2. The van der Waals surface area contributed by atoms with E-state index in [0.29, 0.717) is 55.8 Å². The van der Waals surface area contributed by atoms with E-state index in [2.05, 4.69) is 5.32 Å². The van der Waals surface area contributed by atoms with E-state index in [1.165, 1.54) is 0 Å². The van der Waals surface area contributed by atoms with Crippen molar-refractivity contribution in [2.75, 3.05) is 44.3 Å². The lowest BCUT2D eigenvalue weighted by Crippen LogP contribution is -2.40. The molecule has 1 fully saturated rings. The molecule has 4 rings (SSSR count). The number of benzene rings is 2. The summed E-state index contributed by atoms with van der Waals surface area (Å²) in [5.74, 6) is 1.15. The second kappa shape index (κ2) is 8.61. The van der Waals surface area contributed by atoms with Crippen molar-refractivity contribution in [3.63, 3.8) is 0 Å². The van der Waals surface area contributed by atoms with E-state index in [9.17, 15) is 9.59 Å². The van der Waals surface area contributed by atoms with Gasteiger partial charge in [-0.15, -0.1) is 0 Å². The predicted octanol–water partition coefficient (Wildman–Crippen LogP) is 2.71. The van der Waals surface area contributed by atoms with Crippen LogP contribution in [-0.4, -0.2) is 56.2 Å². The van der Waals surface area contributed by atoms with Gasteiger partial charge in [0.05, 0.1) is 0 Å². The average Bonchev–Trinajstić information content (AvgIpc) is 3.09. The van der Waals surface area contributed by atoms with Gasteiger partial charge in [-0.1, -0.05) is 23.7 Å². The molecule has 2 aromatic carbocycles. The molecule has 0 bridgehead atoms. The summed E-state index contributed by atoms with van der Waals surface area (Å²) in [6.07, 6.45) is 0.709. The summed E-state index contributed by atoms with van der Waals surface area (Å²) >= 11 is 5.87. The summed E-state index contributed by atoms with van der Waals surface area (Å²) in [5, 5.41) is 3.56. The second-order valence-corrected chi connectivity index (χ2v) is 7.35. The Kier molecular flexibility index (Phi) is 5.76. The van der Waals surface area contributed by atoms with Gasteiger partial charge in [0.25, 0.3) is 0 Å². The van der Waals surface area contributed by atoms with Gasteiger partial charge in [-0.2, -0.15) is 0 Å². The van der Waals surface area contributed by atoms with Gasteiger partial charge in [-0.25, -0.2) is 4.79 Å². The highest BCUT2D eigenvalue weighted by molar-refractivity contribution is 6.30. The SMILES string of the molecule is O=C(CN1CCN(c2ccc3c(c2)OCCO3)C1=O)NCCc1ccc(Cl)cc1. The number of rotatable bonds is 6. The monoisotopic (exact) mass is 415 g/mol.